The zero-order chi connectivity index (χ0) is 13.9. The Kier molecular flexibility index (Phi) is 6.20. The summed E-state index contributed by atoms with van der Waals surface area (Å²) in [6.45, 7) is 1.97. The van der Waals surface area contributed by atoms with Crippen LogP contribution in [0, 0.1) is 0 Å². The van der Waals surface area contributed by atoms with Crippen molar-refractivity contribution >= 4 is 41.7 Å². The minimum Gasteiger partial charge on any atom is -0.366 e. The summed E-state index contributed by atoms with van der Waals surface area (Å²) in [5.74, 6) is 0.962. The van der Waals surface area contributed by atoms with E-state index in [1.807, 2.05) is 30.0 Å². The summed E-state index contributed by atoms with van der Waals surface area (Å²) in [6, 6.07) is 5.90. The number of halogens is 2. The molecule has 3 rings (SSSR count). The normalized spacial score (nSPS) is 24.6. The summed E-state index contributed by atoms with van der Waals surface area (Å²) < 4.78 is 5.49. The van der Waals surface area contributed by atoms with Gasteiger partial charge in [-0.15, -0.1) is 24.2 Å². The molecule has 1 saturated heterocycles. The SMILES string of the molecule is Cl.O=C(NC1CCSc2ccc(Cl)cc21)C1CNCCO1. The Morgan fingerprint density at radius 1 is 1.48 bits per heavy atom. The number of ether oxygens (including phenoxy) is 1. The van der Waals surface area contributed by atoms with Gasteiger partial charge in [-0.3, -0.25) is 4.79 Å². The van der Waals surface area contributed by atoms with E-state index in [9.17, 15) is 4.79 Å². The lowest BCUT2D eigenvalue weighted by Gasteiger charge is -2.29. The van der Waals surface area contributed by atoms with Crippen LogP contribution in [0.15, 0.2) is 23.1 Å². The number of nitrogens with one attached hydrogen (secondary N) is 2. The third kappa shape index (κ3) is 4.05. The van der Waals surface area contributed by atoms with Crippen molar-refractivity contribution < 1.29 is 9.53 Å². The third-order valence-corrected chi connectivity index (χ3v) is 4.91. The fourth-order valence-electron chi connectivity index (χ4n) is 2.51. The first-order valence-electron chi connectivity index (χ1n) is 6.79. The van der Waals surface area contributed by atoms with Crippen molar-refractivity contribution in [1.29, 1.82) is 0 Å². The first-order valence-corrected chi connectivity index (χ1v) is 8.15. The second kappa shape index (κ2) is 7.70. The predicted molar refractivity (Wildman–Crippen MR) is 87.5 cm³/mol. The van der Waals surface area contributed by atoms with Gasteiger partial charge in [-0.05, 0) is 30.2 Å². The lowest BCUT2D eigenvalue weighted by molar-refractivity contribution is -0.135. The van der Waals surface area contributed by atoms with E-state index in [0.29, 0.717) is 18.2 Å². The van der Waals surface area contributed by atoms with Crippen molar-refractivity contribution in [3.8, 4) is 0 Å². The molecule has 1 amide bonds. The number of amides is 1. The second-order valence-corrected chi connectivity index (χ2v) is 6.52. The average molecular weight is 349 g/mol. The highest BCUT2D eigenvalue weighted by molar-refractivity contribution is 7.99. The van der Waals surface area contributed by atoms with E-state index in [4.69, 9.17) is 16.3 Å². The number of carbonyl (C=O) groups is 1. The van der Waals surface area contributed by atoms with Gasteiger partial charge in [0.2, 0.25) is 0 Å². The first kappa shape index (κ1) is 16.9. The highest BCUT2D eigenvalue weighted by Crippen LogP contribution is 2.37. The molecule has 7 heteroatoms. The van der Waals surface area contributed by atoms with Crippen LogP contribution in [0.3, 0.4) is 0 Å². The standard InChI is InChI=1S/C14H17ClN2O2S.ClH/c15-9-1-2-13-10(7-9)11(3-6-20-13)17-14(18)12-8-16-4-5-19-12;/h1-2,7,11-12,16H,3-6,8H2,(H,17,18);1H. The molecule has 4 nitrogen and oxygen atoms in total. The molecule has 2 aliphatic heterocycles. The molecule has 0 aliphatic carbocycles. The van der Waals surface area contributed by atoms with Crippen molar-refractivity contribution in [1.82, 2.24) is 10.6 Å². The molecule has 116 valence electrons. The number of rotatable bonds is 2. The molecule has 1 fully saturated rings. The van der Waals surface area contributed by atoms with Crippen LogP contribution in [0.5, 0.6) is 0 Å². The molecular formula is C14H18Cl2N2O2S. The fraction of sp³-hybridized carbons (Fsp3) is 0.500. The Morgan fingerprint density at radius 3 is 3.10 bits per heavy atom. The highest BCUT2D eigenvalue weighted by atomic mass is 35.5. The highest BCUT2D eigenvalue weighted by Gasteiger charge is 2.27. The van der Waals surface area contributed by atoms with Gasteiger partial charge in [-0.25, -0.2) is 0 Å². The van der Waals surface area contributed by atoms with E-state index in [1.165, 1.54) is 4.90 Å². The first-order chi connectivity index (χ1) is 9.74. The molecule has 2 heterocycles. The average Bonchev–Trinajstić information content (AvgIpc) is 2.49. The maximum Gasteiger partial charge on any atom is 0.250 e. The van der Waals surface area contributed by atoms with Crippen molar-refractivity contribution in [3.05, 3.63) is 28.8 Å². The summed E-state index contributed by atoms with van der Waals surface area (Å²) in [6.07, 6.45) is 0.533. The maximum absolute atomic E-state index is 12.2. The number of hydrogen-bond acceptors (Lipinski definition) is 4. The fourth-order valence-corrected chi connectivity index (χ4v) is 3.80. The molecule has 2 unspecified atom stereocenters. The van der Waals surface area contributed by atoms with E-state index < -0.39 is 0 Å². The van der Waals surface area contributed by atoms with E-state index in [-0.39, 0.29) is 30.5 Å². The van der Waals surface area contributed by atoms with Crippen LogP contribution in [0.25, 0.3) is 0 Å². The topological polar surface area (TPSA) is 50.4 Å². The van der Waals surface area contributed by atoms with E-state index in [2.05, 4.69) is 10.6 Å². The Hall–Kier alpha value is -0.460. The number of morpholine rings is 1. The van der Waals surface area contributed by atoms with Gasteiger partial charge in [0.15, 0.2) is 0 Å². The third-order valence-electron chi connectivity index (χ3n) is 3.55. The molecule has 0 spiro atoms. The van der Waals surface area contributed by atoms with Crippen molar-refractivity contribution in [2.45, 2.75) is 23.5 Å². The summed E-state index contributed by atoms with van der Waals surface area (Å²) >= 11 is 7.88. The zero-order valence-electron chi connectivity index (χ0n) is 11.4. The van der Waals surface area contributed by atoms with Gasteiger partial charge >= 0.3 is 0 Å². The van der Waals surface area contributed by atoms with E-state index in [0.717, 1.165) is 24.3 Å². The number of hydrogen-bond donors (Lipinski definition) is 2. The van der Waals surface area contributed by atoms with Gasteiger partial charge in [0.25, 0.3) is 5.91 Å². The number of thioether (sulfide) groups is 1. The summed E-state index contributed by atoms with van der Waals surface area (Å²) in [4.78, 5) is 13.4. The van der Waals surface area contributed by atoms with Crippen molar-refractivity contribution in [3.63, 3.8) is 0 Å². The van der Waals surface area contributed by atoms with Crippen LogP contribution >= 0.6 is 35.8 Å². The van der Waals surface area contributed by atoms with Crippen LogP contribution in [0.1, 0.15) is 18.0 Å². The van der Waals surface area contributed by atoms with Gasteiger partial charge in [-0.2, -0.15) is 0 Å². The number of carbonyl (C=O) groups excluding carboxylic acids is 1. The summed E-state index contributed by atoms with van der Waals surface area (Å²) in [7, 11) is 0. The monoisotopic (exact) mass is 348 g/mol. The summed E-state index contributed by atoms with van der Waals surface area (Å²) in [5.41, 5.74) is 1.12. The Labute approximate surface area is 139 Å². The molecule has 2 aliphatic rings. The smallest absolute Gasteiger partial charge is 0.250 e. The lowest BCUT2D eigenvalue weighted by atomic mass is 10.0. The lowest BCUT2D eigenvalue weighted by Crippen LogP contribution is -2.48. The quantitative estimate of drug-likeness (QED) is 0.861. The Balaban J connectivity index is 0.00000161. The van der Waals surface area contributed by atoms with E-state index >= 15 is 0 Å². The van der Waals surface area contributed by atoms with Gasteiger partial charge < -0.3 is 15.4 Å². The van der Waals surface area contributed by atoms with Crippen LogP contribution in [-0.2, 0) is 9.53 Å². The second-order valence-electron chi connectivity index (χ2n) is 4.94. The number of benzene rings is 1. The largest absolute Gasteiger partial charge is 0.366 e. The van der Waals surface area contributed by atoms with Crippen LogP contribution in [0.2, 0.25) is 5.02 Å². The molecule has 1 aromatic carbocycles. The molecule has 0 radical (unpaired) electrons. The van der Waals surface area contributed by atoms with Crippen LogP contribution in [-0.4, -0.2) is 37.5 Å². The molecule has 2 atom stereocenters. The minimum absolute atomic E-state index is 0. The zero-order valence-corrected chi connectivity index (χ0v) is 13.8. The van der Waals surface area contributed by atoms with Crippen molar-refractivity contribution in [2.75, 3.05) is 25.4 Å². The van der Waals surface area contributed by atoms with E-state index in [1.54, 1.807) is 0 Å². The van der Waals surface area contributed by atoms with Crippen LogP contribution < -0.4 is 10.6 Å². The van der Waals surface area contributed by atoms with Crippen LogP contribution in [0.4, 0.5) is 0 Å². The van der Waals surface area contributed by atoms with Gasteiger partial charge in [0.05, 0.1) is 12.6 Å². The Bertz CT molecular complexity index is 510. The molecule has 1 aromatic rings. The van der Waals surface area contributed by atoms with Gasteiger partial charge in [0, 0.05) is 28.8 Å². The Morgan fingerprint density at radius 2 is 2.33 bits per heavy atom. The molecule has 2 N–H and O–H groups in total. The predicted octanol–water partition coefficient (Wildman–Crippen LogP) is 2.40. The summed E-state index contributed by atoms with van der Waals surface area (Å²) in [5, 5.41) is 6.98. The molecule has 0 bridgehead atoms. The molecule has 0 saturated carbocycles. The molecular weight excluding hydrogens is 331 g/mol. The molecule has 0 aromatic heterocycles. The van der Waals surface area contributed by atoms with Gasteiger partial charge in [0.1, 0.15) is 6.10 Å². The van der Waals surface area contributed by atoms with Crippen molar-refractivity contribution in [2.24, 2.45) is 0 Å². The minimum atomic E-state index is -0.388. The van der Waals surface area contributed by atoms with Gasteiger partial charge in [-0.1, -0.05) is 11.6 Å². The molecule has 21 heavy (non-hydrogen) atoms. The number of fused-ring (bicyclic) bond motifs is 1. The maximum atomic E-state index is 12.2.